The Hall–Kier alpha value is -1.66. The molecule has 2 N–H and O–H groups in total. The molecular formula is C18H26N2O4. The fraction of sp³-hybridized carbons (Fsp3) is 0.667. The molecule has 1 aliphatic carbocycles. The van der Waals surface area contributed by atoms with Crippen LogP contribution in [0.15, 0.2) is 21.9 Å². The zero-order valence-electron chi connectivity index (χ0n) is 14.1. The van der Waals surface area contributed by atoms with Gasteiger partial charge in [0.25, 0.3) is 5.56 Å². The van der Waals surface area contributed by atoms with Crippen molar-refractivity contribution in [1.82, 2.24) is 9.55 Å². The minimum atomic E-state index is -0.583. The Kier molecular flexibility index (Phi) is 5.36. The van der Waals surface area contributed by atoms with E-state index in [9.17, 15) is 14.7 Å². The Morgan fingerprint density at radius 2 is 2.08 bits per heavy atom. The average molecular weight is 334 g/mol. The molecule has 6 heteroatoms. The molecule has 2 aliphatic rings. The lowest BCUT2D eigenvalue weighted by Crippen LogP contribution is -2.33. The van der Waals surface area contributed by atoms with Crippen LogP contribution in [0.25, 0.3) is 6.08 Å². The maximum Gasteiger partial charge on any atom is 0.330 e. The average Bonchev–Trinajstić information content (AvgIpc) is 2.95. The number of H-pyrrole nitrogens is 1. The summed E-state index contributed by atoms with van der Waals surface area (Å²) < 4.78 is 7.14. The lowest BCUT2D eigenvalue weighted by Gasteiger charge is -2.18. The molecule has 0 unspecified atom stereocenters. The molecular weight excluding hydrogens is 308 g/mol. The predicted octanol–water partition coefficient (Wildman–Crippen LogP) is 2.19. The molecule has 0 bridgehead atoms. The molecule has 2 fully saturated rings. The standard InChI is InChI=1S/C18H26N2O4/c1-2-15-14(21)10-16(24-15)20-11-13(17(22)19-18(20)23)9-8-12-6-4-3-5-7-12/h8-9,11-12,14-16,21H,2-7,10H2,1H3,(H,19,22,23)/b9-8+/t14-,15-,16-/m1/s1. The van der Waals surface area contributed by atoms with E-state index >= 15 is 0 Å². The largest absolute Gasteiger partial charge is 0.390 e. The summed E-state index contributed by atoms with van der Waals surface area (Å²) in [5, 5.41) is 9.98. The molecule has 3 rings (SSSR count). The molecule has 1 saturated heterocycles. The maximum absolute atomic E-state index is 12.1. The first-order valence-corrected chi connectivity index (χ1v) is 8.95. The molecule has 0 radical (unpaired) electrons. The van der Waals surface area contributed by atoms with Crippen molar-refractivity contribution < 1.29 is 9.84 Å². The number of rotatable bonds is 4. The van der Waals surface area contributed by atoms with Gasteiger partial charge >= 0.3 is 5.69 Å². The van der Waals surface area contributed by atoms with E-state index in [1.165, 1.54) is 23.8 Å². The molecule has 1 saturated carbocycles. The quantitative estimate of drug-likeness (QED) is 0.884. The number of aromatic amines is 1. The van der Waals surface area contributed by atoms with Crippen LogP contribution in [0.1, 0.15) is 63.7 Å². The first kappa shape index (κ1) is 17.2. The Morgan fingerprint density at radius 3 is 2.75 bits per heavy atom. The molecule has 0 amide bonds. The van der Waals surface area contributed by atoms with Gasteiger partial charge in [-0.25, -0.2) is 4.79 Å². The first-order chi connectivity index (χ1) is 11.6. The highest BCUT2D eigenvalue weighted by atomic mass is 16.5. The summed E-state index contributed by atoms with van der Waals surface area (Å²) in [5.74, 6) is 0.507. The summed E-state index contributed by atoms with van der Waals surface area (Å²) >= 11 is 0. The number of ether oxygens (including phenoxy) is 1. The van der Waals surface area contributed by atoms with E-state index in [1.807, 2.05) is 13.0 Å². The molecule has 24 heavy (non-hydrogen) atoms. The molecule has 132 valence electrons. The number of aliphatic hydroxyl groups is 1. The van der Waals surface area contributed by atoms with Gasteiger partial charge in [0.15, 0.2) is 0 Å². The maximum atomic E-state index is 12.1. The van der Waals surface area contributed by atoms with Crippen LogP contribution in [0.4, 0.5) is 0 Å². The molecule has 6 nitrogen and oxygen atoms in total. The molecule has 2 heterocycles. The zero-order valence-corrected chi connectivity index (χ0v) is 14.1. The Morgan fingerprint density at radius 1 is 1.33 bits per heavy atom. The first-order valence-electron chi connectivity index (χ1n) is 8.95. The lowest BCUT2D eigenvalue weighted by atomic mass is 9.89. The lowest BCUT2D eigenvalue weighted by molar-refractivity contribution is -0.0217. The van der Waals surface area contributed by atoms with E-state index in [4.69, 9.17) is 4.74 Å². The molecule has 0 spiro atoms. The fourth-order valence-corrected chi connectivity index (χ4v) is 3.65. The third-order valence-electron chi connectivity index (χ3n) is 5.11. The second-order valence-corrected chi connectivity index (χ2v) is 6.85. The third-order valence-corrected chi connectivity index (χ3v) is 5.11. The summed E-state index contributed by atoms with van der Waals surface area (Å²) in [6.07, 6.45) is 11.2. The molecule has 1 aliphatic heterocycles. The van der Waals surface area contributed by atoms with Gasteiger partial charge in [-0.3, -0.25) is 14.3 Å². The van der Waals surface area contributed by atoms with E-state index in [2.05, 4.69) is 11.1 Å². The summed E-state index contributed by atoms with van der Waals surface area (Å²) in [4.78, 5) is 26.5. The Bertz CT molecular complexity index is 700. The van der Waals surface area contributed by atoms with Crippen molar-refractivity contribution in [1.29, 1.82) is 0 Å². The van der Waals surface area contributed by atoms with Gasteiger partial charge in [0.05, 0.1) is 17.8 Å². The van der Waals surface area contributed by atoms with Gasteiger partial charge < -0.3 is 9.84 Å². The van der Waals surface area contributed by atoms with Gasteiger partial charge in [0, 0.05) is 12.6 Å². The van der Waals surface area contributed by atoms with Crippen molar-refractivity contribution in [3.8, 4) is 0 Å². The van der Waals surface area contributed by atoms with Crippen LogP contribution in [0.5, 0.6) is 0 Å². The van der Waals surface area contributed by atoms with Gasteiger partial charge in [0.1, 0.15) is 6.23 Å². The highest BCUT2D eigenvalue weighted by Gasteiger charge is 2.34. The van der Waals surface area contributed by atoms with Gasteiger partial charge in [0.2, 0.25) is 0 Å². The SMILES string of the molecule is CC[C@H]1O[C@@H](n2cc(/C=C/C3CCCCC3)c(=O)[nH]c2=O)C[C@H]1O. The van der Waals surface area contributed by atoms with Gasteiger partial charge in [-0.2, -0.15) is 0 Å². The van der Waals surface area contributed by atoms with Gasteiger partial charge in [-0.15, -0.1) is 0 Å². The molecule has 1 aromatic rings. The number of allylic oxidation sites excluding steroid dienone is 1. The zero-order chi connectivity index (χ0) is 17.1. The molecule has 0 aromatic carbocycles. The van der Waals surface area contributed by atoms with Crippen molar-refractivity contribution in [3.05, 3.63) is 38.7 Å². The van der Waals surface area contributed by atoms with Crippen LogP contribution < -0.4 is 11.2 Å². The number of hydrogen-bond donors (Lipinski definition) is 2. The van der Waals surface area contributed by atoms with Crippen molar-refractivity contribution in [2.45, 2.75) is 70.3 Å². The van der Waals surface area contributed by atoms with Crippen LogP contribution in [0.2, 0.25) is 0 Å². The summed E-state index contributed by atoms with van der Waals surface area (Å²) in [6.45, 7) is 1.93. The van der Waals surface area contributed by atoms with E-state index in [0.29, 0.717) is 24.3 Å². The fourth-order valence-electron chi connectivity index (χ4n) is 3.65. The van der Waals surface area contributed by atoms with Crippen molar-refractivity contribution in [2.75, 3.05) is 0 Å². The van der Waals surface area contributed by atoms with E-state index in [1.54, 1.807) is 6.20 Å². The minimum absolute atomic E-state index is 0.268. The number of nitrogens with one attached hydrogen (secondary N) is 1. The van der Waals surface area contributed by atoms with Crippen LogP contribution in [0, 0.1) is 5.92 Å². The Labute approximate surface area is 141 Å². The summed E-state index contributed by atoms with van der Waals surface area (Å²) in [5.41, 5.74) is -0.420. The van der Waals surface area contributed by atoms with E-state index < -0.39 is 18.0 Å². The van der Waals surface area contributed by atoms with E-state index in [0.717, 1.165) is 12.8 Å². The monoisotopic (exact) mass is 334 g/mol. The number of nitrogens with zero attached hydrogens (tertiary/aromatic N) is 1. The van der Waals surface area contributed by atoms with Gasteiger partial charge in [-0.05, 0) is 25.2 Å². The van der Waals surface area contributed by atoms with Crippen LogP contribution in [-0.4, -0.2) is 26.9 Å². The van der Waals surface area contributed by atoms with Crippen LogP contribution in [-0.2, 0) is 4.74 Å². The van der Waals surface area contributed by atoms with Gasteiger partial charge in [-0.1, -0.05) is 38.3 Å². The van der Waals surface area contributed by atoms with E-state index in [-0.39, 0.29) is 11.7 Å². The third kappa shape index (κ3) is 3.70. The normalized spacial score (nSPS) is 28.7. The highest BCUT2D eigenvalue weighted by molar-refractivity contribution is 5.46. The van der Waals surface area contributed by atoms with Crippen molar-refractivity contribution >= 4 is 6.08 Å². The molecule has 1 aromatic heterocycles. The van der Waals surface area contributed by atoms with Crippen LogP contribution in [0.3, 0.4) is 0 Å². The second kappa shape index (κ2) is 7.49. The smallest absolute Gasteiger partial charge is 0.330 e. The summed E-state index contributed by atoms with van der Waals surface area (Å²) in [7, 11) is 0. The van der Waals surface area contributed by atoms with Crippen molar-refractivity contribution in [3.63, 3.8) is 0 Å². The topological polar surface area (TPSA) is 84.3 Å². The molecule has 3 atom stereocenters. The van der Waals surface area contributed by atoms with Crippen LogP contribution >= 0.6 is 0 Å². The highest BCUT2D eigenvalue weighted by Crippen LogP contribution is 2.29. The Balaban J connectivity index is 1.82. The van der Waals surface area contributed by atoms with Crippen molar-refractivity contribution in [2.24, 2.45) is 5.92 Å². The number of aliphatic hydroxyl groups excluding tert-OH is 1. The minimum Gasteiger partial charge on any atom is -0.390 e. The number of hydrogen-bond acceptors (Lipinski definition) is 4. The second-order valence-electron chi connectivity index (χ2n) is 6.85. The summed E-state index contributed by atoms with van der Waals surface area (Å²) in [6, 6.07) is 0. The predicted molar refractivity (Wildman–Crippen MR) is 91.8 cm³/mol. The number of aromatic nitrogens is 2.